The topological polar surface area (TPSA) is 106 Å². The van der Waals surface area contributed by atoms with E-state index in [0.717, 1.165) is 55.0 Å². The van der Waals surface area contributed by atoms with Crippen molar-refractivity contribution in [2.24, 2.45) is 0 Å². The minimum absolute atomic E-state index is 0.0814. The molecule has 1 aliphatic carbocycles. The molecule has 5 rings (SSSR count). The molecule has 0 radical (unpaired) electrons. The maximum absolute atomic E-state index is 13.0. The Labute approximate surface area is 214 Å². The number of aryl methyl sites for hydroxylation is 2. The van der Waals surface area contributed by atoms with Crippen molar-refractivity contribution in [3.63, 3.8) is 0 Å². The molecule has 1 saturated heterocycles. The summed E-state index contributed by atoms with van der Waals surface area (Å²) in [6, 6.07) is 7.90. The average molecular weight is 531 g/mol. The number of sulfonamides is 1. The van der Waals surface area contributed by atoms with E-state index in [-0.39, 0.29) is 27.8 Å². The predicted molar refractivity (Wildman–Crippen MR) is 137 cm³/mol. The number of halogens is 1. The number of amides is 1. The number of nitrogens with one attached hydrogen (secondary N) is 1. The van der Waals surface area contributed by atoms with E-state index in [1.165, 1.54) is 22.5 Å². The summed E-state index contributed by atoms with van der Waals surface area (Å²) in [5, 5.41) is 3.76. The molecule has 0 bridgehead atoms. The molecular formula is C26H27ClN2O6S. The van der Waals surface area contributed by atoms with E-state index >= 15 is 0 Å². The van der Waals surface area contributed by atoms with E-state index < -0.39 is 15.9 Å². The van der Waals surface area contributed by atoms with E-state index in [1.807, 2.05) is 6.07 Å². The zero-order valence-corrected chi connectivity index (χ0v) is 21.5. The van der Waals surface area contributed by atoms with Gasteiger partial charge < -0.3 is 14.5 Å². The Kier molecular flexibility index (Phi) is 6.80. The fourth-order valence-electron chi connectivity index (χ4n) is 4.96. The monoisotopic (exact) mass is 530 g/mol. The van der Waals surface area contributed by atoms with Crippen molar-refractivity contribution in [3.05, 3.63) is 62.5 Å². The first-order valence-corrected chi connectivity index (χ1v) is 13.9. The molecule has 2 aliphatic rings. The number of anilines is 1. The Bertz CT molecular complexity index is 1510. The van der Waals surface area contributed by atoms with E-state index in [0.29, 0.717) is 30.0 Å². The summed E-state index contributed by atoms with van der Waals surface area (Å²) < 4.78 is 38.8. The van der Waals surface area contributed by atoms with Crippen molar-refractivity contribution in [1.29, 1.82) is 0 Å². The van der Waals surface area contributed by atoms with Gasteiger partial charge in [-0.1, -0.05) is 18.0 Å². The van der Waals surface area contributed by atoms with Gasteiger partial charge in [0.25, 0.3) is 5.91 Å². The number of hydrogen-bond donors (Lipinski definition) is 1. The second kappa shape index (κ2) is 9.88. The van der Waals surface area contributed by atoms with Crippen LogP contribution >= 0.6 is 11.6 Å². The Morgan fingerprint density at radius 1 is 1.08 bits per heavy atom. The van der Waals surface area contributed by atoms with Gasteiger partial charge >= 0.3 is 5.63 Å². The van der Waals surface area contributed by atoms with Crippen molar-refractivity contribution >= 4 is 44.2 Å². The van der Waals surface area contributed by atoms with Crippen LogP contribution in [0.5, 0.6) is 5.75 Å². The highest BCUT2D eigenvalue weighted by atomic mass is 35.5. The maximum atomic E-state index is 13.0. The molecular weight excluding hydrogens is 504 g/mol. The molecule has 1 N–H and O–H groups in total. The summed E-state index contributed by atoms with van der Waals surface area (Å²) in [5.41, 5.74) is 2.76. The third-order valence-electron chi connectivity index (χ3n) is 6.86. The van der Waals surface area contributed by atoms with Gasteiger partial charge in [-0.25, -0.2) is 13.2 Å². The van der Waals surface area contributed by atoms with Crippen LogP contribution in [0.1, 0.15) is 42.4 Å². The summed E-state index contributed by atoms with van der Waals surface area (Å²) in [7, 11) is -3.67. The maximum Gasteiger partial charge on any atom is 0.339 e. The Morgan fingerprint density at radius 2 is 1.83 bits per heavy atom. The lowest BCUT2D eigenvalue weighted by molar-refractivity contribution is -0.118. The van der Waals surface area contributed by atoms with Gasteiger partial charge in [-0.2, -0.15) is 4.31 Å². The lowest BCUT2D eigenvalue weighted by atomic mass is 10.0. The first-order valence-electron chi connectivity index (χ1n) is 12.1. The van der Waals surface area contributed by atoms with Crippen molar-refractivity contribution < 1.29 is 22.4 Å². The van der Waals surface area contributed by atoms with Gasteiger partial charge in [0.1, 0.15) is 11.3 Å². The standard InChI is InChI=1S/C26H27ClN2O6S/c1-16-23(11-9-19-18-6-5-7-20(18)26(31)35-25(16)19)34-15-24(30)28-22-14-17(8-10-21(22)27)36(32,33)29-12-3-2-4-13-29/h8-11,14H,2-7,12-13,15H2,1H3,(H,28,30). The number of ether oxygens (including phenoxy) is 1. The van der Waals surface area contributed by atoms with E-state index in [4.69, 9.17) is 20.8 Å². The third-order valence-corrected chi connectivity index (χ3v) is 9.09. The van der Waals surface area contributed by atoms with Crippen LogP contribution in [-0.4, -0.2) is 38.3 Å². The van der Waals surface area contributed by atoms with Crippen LogP contribution in [0.3, 0.4) is 0 Å². The predicted octanol–water partition coefficient (Wildman–Crippen LogP) is 4.44. The highest BCUT2D eigenvalue weighted by Gasteiger charge is 2.27. The molecule has 36 heavy (non-hydrogen) atoms. The average Bonchev–Trinajstić information content (AvgIpc) is 3.37. The van der Waals surface area contributed by atoms with Crippen LogP contribution < -0.4 is 15.7 Å². The SMILES string of the molecule is Cc1c(OCC(=O)Nc2cc(S(=O)(=O)N3CCCCC3)ccc2Cl)ccc2c3c(c(=O)oc12)CCC3. The van der Waals surface area contributed by atoms with E-state index in [2.05, 4.69) is 5.32 Å². The number of nitrogens with zero attached hydrogens (tertiary/aromatic N) is 1. The number of carbonyl (C=O) groups is 1. The number of benzene rings is 2. The molecule has 10 heteroatoms. The van der Waals surface area contributed by atoms with Gasteiger partial charge in [-0.05, 0) is 74.9 Å². The normalized spacial score (nSPS) is 16.2. The quantitative estimate of drug-likeness (QED) is 0.472. The number of fused-ring (bicyclic) bond motifs is 3. The molecule has 8 nitrogen and oxygen atoms in total. The largest absolute Gasteiger partial charge is 0.483 e. The molecule has 3 aromatic rings. The lowest BCUT2D eigenvalue weighted by Gasteiger charge is -2.26. The molecule has 1 amide bonds. The van der Waals surface area contributed by atoms with Gasteiger partial charge in [-0.3, -0.25) is 4.79 Å². The van der Waals surface area contributed by atoms with Gasteiger partial charge in [0.15, 0.2) is 6.61 Å². The van der Waals surface area contributed by atoms with E-state index in [1.54, 1.807) is 13.0 Å². The first-order chi connectivity index (χ1) is 17.3. The van der Waals surface area contributed by atoms with Gasteiger partial charge in [-0.15, -0.1) is 0 Å². The fourth-order valence-corrected chi connectivity index (χ4v) is 6.67. The molecule has 0 saturated carbocycles. The highest BCUT2D eigenvalue weighted by molar-refractivity contribution is 7.89. The molecule has 1 fully saturated rings. The van der Waals surface area contributed by atoms with Crippen LogP contribution in [0, 0.1) is 6.92 Å². The molecule has 1 aliphatic heterocycles. The summed E-state index contributed by atoms with van der Waals surface area (Å²) in [4.78, 5) is 25.1. The number of carbonyl (C=O) groups excluding carboxylic acids is 1. The van der Waals surface area contributed by atoms with Crippen LogP contribution in [-0.2, 0) is 27.7 Å². The third kappa shape index (κ3) is 4.63. The van der Waals surface area contributed by atoms with Gasteiger partial charge in [0, 0.05) is 29.6 Å². The van der Waals surface area contributed by atoms with Crippen LogP contribution in [0.2, 0.25) is 5.02 Å². The molecule has 0 spiro atoms. The Morgan fingerprint density at radius 3 is 2.61 bits per heavy atom. The summed E-state index contributed by atoms with van der Waals surface area (Å²) in [6.45, 7) is 2.41. The second-order valence-corrected chi connectivity index (χ2v) is 11.6. The Balaban J connectivity index is 1.31. The Hall–Kier alpha value is -2.88. The van der Waals surface area contributed by atoms with E-state index in [9.17, 15) is 18.0 Å². The fraction of sp³-hybridized carbons (Fsp3) is 0.385. The second-order valence-electron chi connectivity index (χ2n) is 9.21. The zero-order chi connectivity index (χ0) is 25.4. The summed E-state index contributed by atoms with van der Waals surface area (Å²) in [5.74, 6) is -0.0782. The van der Waals surface area contributed by atoms with Crippen LogP contribution in [0.4, 0.5) is 5.69 Å². The molecule has 0 atom stereocenters. The lowest BCUT2D eigenvalue weighted by Crippen LogP contribution is -2.35. The van der Waals surface area contributed by atoms with Crippen molar-refractivity contribution in [2.75, 3.05) is 25.0 Å². The van der Waals surface area contributed by atoms with Crippen molar-refractivity contribution in [3.8, 4) is 5.75 Å². The molecule has 1 aromatic heterocycles. The number of rotatable bonds is 6. The van der Waals surface area contributed by atoms with Gasteiger partial charge in [0.2, 0.25) is 10.0 Å². The summed E-state index contributed by atoms with van der Waals surface area (Å²) >= 11 is 6.24. The van der Waals surface area contributed by atoms with Crippen LogP contribution in [0.15, 0.2) is 44.4 Å². The zero-order valence-electron chi connectivity index (χ0n) is 19.9. The smallest absolute Gasteiger partial charge is 0.339 e. The van der Waals surface area contributed by atoms with Crippen molar-refractivity contribution in [2.45, 2.75) is 50.3 Å². The molecule has 2 aromatic carbocycles. The molecule has 0 unspecified atom stereocenters. The number of piperidine rings is 1. The molecule has 2 heterocycles. The molecule has 190 valence electrons. The minimum Gasteiger partial charge on any atom is -0.483 e. The van der Waals surface area contributed by atoms with Gasteiger partial charge in [0.05, 0.1) is 15.6 Å². The summed E-state index contributed by atoms with van der Waals surface area (Å²) in [6.07, 6.45) is 5.17. The van der Waals surface area contributed by atoms with Crippen LogP contribution in [0.25, 0.3) is 11.0 Å². The first kappa shape index (κ1) is 24.8. The van der Waals surface area contributed by atoms with Crippen molar-refractivity contribution in [1.82, 2.24) is 4.31 Å². The number of hydrogen-bond acceptors (Lipinski definition) is 6. The highest BCUT2D eigenvalue weighted by Crippen LogP contribution is 2.33. The minimum atomic E-state index is -3.67.